The van der Waals surface area contributed by atoms with Gasteiger partial charge in [-0.1, -0.05) is 0 Å². The van der Waals surface area contributed by atoms with E-state index in [-0.39, 0.29) is 65.9 Å². The van der Waals surface area contributed by atoms with Crippen LogP contribution in [-0.4, -0.2) is 71.0 Å². The minimum Gasteiger partial charge on any atom is -1.00 e. The Morgan fingerprint density at radius 2 is 1.60 bits per heavy atom. The van der Waals surface area contributed by atoms with Crippen molar-refractivity contribution in [3.8, 4) is 0 Å². The first-order valence-electron chi connectivity index (χ1n) is 2.04. The molecule has 0 aliphatic heterocycles. The summed E-state index contributed by atoms with van der Waals surface area (Å²) in [5, 5.41) is 0. The van der Waals surface area contributed by atoms with E-state index in [2.05, 4.69) is 12.4 Å². The molecule has 0 saturated carbocycles. The van der Waals surface area contributed by atoms with Crippen molar-refractivity contribution >= 4 is 48.9 Å². The fourth-order valence-corrected chi connectivity index (χ4v) is 0. The van der Waals surface area contributed by atoms with Crippen LogP contribution in [0, 0.1) is 0 Å². The Bertz CT molecular complexity index is 18.9. The molecule has 0 amide bonds. The van der Waals surface area contributed by atoms with Crippen LogP contribution in [0.4, 0.5) is 0 Å². The molecule has 0 aromatic rings. The molecule has 0 aliphatic rings. The zero-order valence-corrected chi connectivity index (χ0v) is 8.34. The molecular weight excluding hydrogens is 265 g/mol. The monoisotopic (exact) mass is 275 g/mol. The van der Waals surface area contributed by atoms with Crippen molar-refractivity contribution in [2.24, 2.45) is 0 Å². The average Bonchev–Trinajstić information content (AvgIpc) is 1.75. The van der Waals surface area contributed by atoms with E-state index in [0.717, 1.165) is 0 Å². The Balaban J connectivity index is -0.0000000116. The minimum absolute atomic E-state index is 0. The molecule has 32 valence electrons. The maximum atomic E-state index is 7.50. The maximum Gasteiger partial charge on any atom is 2.00 e. The van der Waals surface area contributed by atoms with Crippen molar-refractivity contribution in [1.29, 1.82) is 5.72 Å². The molecule has 0 rings (SSSR count). The van der Waals surface area contributed by atoms with Gasteiger partial charge in [-0.2, -0.15) is 0 Å². The van der Waals surface area contributed by atoms with Gasteiger partial charge in [0.25, 0.3) is 0 Å². The van der Waals surface area contributed by atoms with Gasteiger partial charge in [0.1, 0.15) is 0 Å². The molecule has 0 saturated heterocycles. The Morgan fingerprint density at radius 3 is 1.60 bits per heavy atom. The van der Waals surface area contributed by atoms with E-state index in [1.54, 1.807) is 0 Å². The number of hydrogen-bond donors (Lipinski definition) is 0. The summed E-state index contributed by atoms with van der Waals surface area (Å²) in [5.41, 5.74) is 13.0. The summed E-state index contributed by atoms with van der Waals surface area (Å²) in [7, 11) is 0. The van der Waals surface area contributed by atoms with Crippen molar-refractivity contribution in [1.82, 2.24) is 0 Å². The summed E-state index contributed by atoms with van der Waals surface area (Å²) >= 11 is 0. The van der Waals surface area contributed by atoms with E-state index in [0.29, 0.717) is 0 Å². The van der Waals surface area contributed by atoms with Crippen LogP contribution in [0.5, 0.6) is 0 Å². The molecule has 0 aromatic heterocycles. The largest absolute Gasteiger partial charge is 2.00 e. The fraction of sp³-hybridized carbons (Fsp3) is 0. The van der Waals surface area contributed by atoms with Gasteiger partial charge in [0.2, 0.25) is 5.72 Å². The Kier molecular flexibility index (Phi) is 39.3. The first kappa shape index (κ1) is 5.08. The van der Waals surface area contributed by atoms with Crippen LogP contribution in [0.1, 0.15) is 1.43 Å². The molecule has 0 radical (unpaired) electrons. The van der Waals surface area contributed by atoms with Crippen molar-refractivity contribution in [3.05, 3.63) is 0 Å². The molecule has 0 spiro atoms. The molecule has 0 unspecified atom stereocenters. The molecule has 0 fully saturated rings. The van der Waals surface area contributed by atoms with Crippen LogP contribution in [-0.2, 0) is 0 Å². The second kappa shape index (κ2) is 38.7. The van der Waals surface area contributed by atoms with E-state index < -0.39 is 0 Å². The van der Waals surface area contributed by atoms with Crippen LogP contribution in [0.15, 0.2) is 0 Å². The van der Waals surface area contributed by atoms with Crippen LogP contribution >= 0.6 is 0 Å². The van der Waals surface area contributed by atoms with Crippen molar-refractivity contribution in [3.63, 3.8) is 0 Å². The van der Waals surface area contributed by atoms with Gasteiger partial charge in [0.15, 0.2) is 0 Å². The van der Waals surface area contributed by atoms with Gasteiger partial charge in [0.05, 0.1) is 0 Å². The zero-order valence-electron chi connectivity index (χ0n) is 7.31. The van der Waals surface area contributed by atoms with Gasteiger partial charge in [-0.15, -0.1) is 1.43 Å². The molecular formula is H5BaBrO3. The van der Waals surface area contributed by atoms with E-state index in [9.17, 15) is 0 Å². The summed E-state index contributed by atoms with van der Waals surface area (Å²) in [6.45, 7) is 0. The molecule has 5 N–H and O–H groups in total. The standard InChI is InChI=1S/Ba.BrH.3H2O/h;1H;3*1H2/q+2;;;;/p-2/i/hD5. The van der Waals surface area contributed by atoms with Crippen LogP contribution in [0.3, 0.4) is 0 Å². The third-order valence-electron chi connectivity index (χ3n) is 0. The predicted octanol–water partition coefficient (Wildman–Crippen LogP) is -5.20. The van der Waals surface area contributed by atoms with Gasteiger partial charge in [-0.05, 0) is 0 Å². The fourth-order valence-electron chi connectivity index (χ4n) is 0. The van der Waals surface area contributed by atoms with Gasteiger partial charge >= 0.3 is 48.9 Å². The molecule has 0 bridgehead atoms. The maximum absolute atomic E-state index is 7.50. The Morgan fingerprint density at radius 1 is 1.60 bits per heavy atom. The van der Waals surface area contributed by atoms with Crippen LogP contribution < -0.4 is 17.0 Å². The van der Waals surface area contributed by atoms with Gasteiger partial charge in [-0.3, -0.25) is 0 Å². The Hall–Kier alpha value is 1.93. The summed E-state index contributed by atoms with van der Waals surface area (Å²) in [5.74, 6) is 0. The molecule has 0 aromatic carbocycles. The van der Waals surface area contributed by atoms with Crippen LogP contribution in [0.2, 0.25) is 0 Å². The summed E-state index contributed by atoms with van der Waals surface area (Å²) in [4.78, 5) is 0. The SMILES string of the molecule is [2H]O[2H].[2H]O[2H].[2H][O-].[Ba+2].[Br-]. The van der Waals surface area contributed by atoms with Gasteiger partial charge in [-0.25, -0.2) is 0 Å². The van der Waals surface area contributed by atoms with E-state index in [1.807, 2.05) is 0 Å². The average molecular weight is 275 g/mol. The minimum atomic E-state index is 0. The molecule has 5 heteroatoms. The number of hydrogen-bond acceptors (Lipinski definition) is 1. The smallest absolute Gasteiger partial charge is 1.00 e. The number of halogens is 1. The van der Waals surface area contributed by atoms with Crippen molar-refractivity contribution < 1.29 is 34.9 Å². The first-order valence-corrected chi connectivity index (χ1v) is 0. The predicted molar refractivity (Wildman–Crippen MR) is 14.9 cm³/mol. The second-order valence-corrected chi connectivity index (χ2v) is 0. The molecule has 0 atom stereocenters. The molecule has 0 heterocycles. The second-order valence-electron chi connectivity index (χ2n) is 0. The normalized spacial score (nSPS) is 9.40. The topological polar surface area (TPSA) is 93.0 Å². The van der Waals surface area contributed by atoms with E-state index >= 15 is 0 Å². The molecule has 3 nitrogen and oxygen atoms in total. The van der Waals surface area contributed by atoms with Gasteiger partial charge in [0, 0.05) is 0 Å². The third kappa shape index (κ3) is 24.6. The summed E-state index contributed by atoms with van der Waals surface area (Å²) in [6, 6.07) is 0. The third-order valence-corrected chi connectivity index (χ3v) is 0. The zero-order chi connectivity index (χ0) is 7.41. The van der Waals surface area contributed by atoms with Gasteiger partial charge < -0.3 is 33.4 Å². The first-order chi connectivity index (χ1) is 3.83. The summed E-state index contributed by atoms with van der Waals surface area (Å²) in [6.07, 6.45) is 0. The molecule has 5 heavy (non-hydrogen) atoms. The van der Waals surface area contributed by atoms with E-state index in [1.165, 1.54) is 0 Å². The quantitative estimate of drug-likeness (QED) is 0.406. The van der Waals surface area contributed by atoms with Crippen molar-refractivity contribution in [2.45, 2.75) is 0 Å². The van der Waals surface area contributed by atoms with Crippen LogP contribution in [0.25, 0.3) is 0 Å². The van der Waals surface area contributed by atoms with E-state index in [4.69, 9.17) is 11.2 Å². The number of rotatable bonds is 0. The Labute approximate surface area is 88.4 Å². The van der Waals surface area contributed by atoms with Crippen molar-refractivity contribution in [2.75, 3.05) is 0 Å². The summed E-state index contributed by atoms with van der Waals surface area (Å²) < 4.78 is 26.0. The molecule has 0 aliphatic carbocycles.